The Hall–Kier alpha value is -0.600. The maximum Gasteiger partial charge on any atom is 0.163 e. The molecule has 1 heterocycles. The molecule has 3 aliphatic rings. The monoisotopic (exact) mass is 220 g/mol. The zero-order chi connectivity index (χ0) is 11.5. The van der Waals surface area contributed by atoms with Gasteiger partial charge in [0.15, 0.2) is 5.79 Å². The lowest BCUT2D eigenvalue weighted by molar-refractivity contribution is -0.150. The van der Waals surface area contributed by atoms with Gasteiger partial charge in [-0.05, 0) is 25.8 Å². The van der Waals surface area contributed by atoms with Crippen molar-refractivity contribution in [3.63, 3.8) is 0 Å². The van der Waals surface area contributed by atoms with E-state index in [1.54, 1.807) is 5.57 Å². The van der Waals surface area contributed by atoms with Crippen molar-refractivity contribution in [2.75, 3.05) is 0 Å². The molecule has 0 N–H and O–H groups in total. The lowest BCUT2D eigenvalue weighted by Crippen LogP contribution is -2.40. The van der Waals surface area contributed by atoms with Crippen LogP contribution < -0.4 is 0 Å². The Balaban J connectivity index is 1.98. The molecular weight excluding hydrogens is 200 g/mol. The normalized spacial score (nSPS) is 44.8. The maximum atomic E-state index is 6.06. The third-order valence-electron chi connectivity index (χ3n) is 4.20. The summed E-state index contributed by atoms with van der Waals surface area (Å²) >= 11 is 0. The Labute approximate surface area is 97.3 Å². The van der Waals surface area contributed by atoms with Crippen LogP contribution in [0.15, 0.2) is 23.3 Å². The summed E-state index contributed by atoms with van der Waals surface area (Å²) in [5, 5.41) is 0. The van der Waals surface area contributed by atoms with Crippen molar-refractivity contribution < 1.29 is 9.47 Å². The molecule has 0 spiro atoms. The summed E-state index contributed by atoms with van der Waals surface area (Å²) < 4.78 is 12.1. The molecule has 0 radical (unpaired) electrons. The second kappa shape index (κ2) is 3.21. The molecule has 0 saturated carbocycles. The largest absolute Gasteiger partial charge is 0.344 e. The van der Waals surface area contributed by atoms with Gasteiger partial charge in [-0.25, -0.2) is 0 Å². The number of hydrogen-bond donors (Lipinski definition) is 0. The lowest BCUT2D eigenvalue weighted by atomic mass is 9.75. The zero-order valence-electron chi connectivity index (χ0n) is 10.5. The van der Waals surface area contributed by atoms with Crippen LogP contribution in [0.5, 0.6) is 0 Å². The van der Waals surface area contributed by atoms with E-state index in [1.807, 2.05) is 13.8 Å². The minimum Gasteiger partial charge on any atom is -0.344 e. The molecule has 0 bridgehead atoms. The highest BCUT2D eigenvalue weighted by atomic mass is 16.8. The molecule has 1 saturated heterocycles. The van der Waals surface area contributed by atoms with E-state index in [2.05, 4.69) is 26.0 Å². The molecule has 2 nitrogen and oxygen atoms in total. The highest BCUT2D eigenvalue weighted by Gasteiger charge is 2.50. The summed E-state index contributed by atoms with van der Waals surface area (Å²) in [4.78, 5) is 0. The van der Waals surface area contributed by atoms with Gasteiger partial charge >= 0.3 is 0 Å². The fourth-order valence-corrected chi connectivity index (χ4v) is 3.40. The van der Waals surface area contributed by atoms with Gasteiger partial charge in [-0.2, -0.15) is 0 Å². The molecule has 1 fully saturated rings. The Morgan fingerprint density at radius 2 is 1.75 bits per heavy atom. The van der Waals surface area contributed by atoms with E-state index in [4.69, 9.17) is 9.47 Å². The molecule has 2 aliphatic carbocycles. The summed E-state index contributed by atoms with van der Waals surface area (Å²) in [7, 11) is 0. The van der Waals surface area contributed by atoms with Crippen LogP contribution in [0.25, 0.3) is 0 Å². The number of allylic oxidation sites excluding steroid dienone is 2. The minimum atomic E-state index is -0.415. The van der Waals surface area contributed by atoms with Crippen LogP contribution in [0, 0.1) is 11.8 Å². The van der Waals surface area contributed by atoms with E-state index >= 15 is 0 Å². The van der Waals surface area contributed by atoms with Gasteiger partial charge in [0.2, 0.25) is 0 Å². The molecular formula is C14H20O2. The van der Waals surface area contributed by atoms with E-state index in [0.717, 1.165) is 6.42 Å². The van der Waals surface area contributed by atoms with Crippen LogP contribution in [0.4, 0.5) is 0 Å². The molecule has 0 unspecified atom stereocenters. The molecule has 3 rings (SSSR count). The molecule has 0 aromatic heterocycles. The van der Waals surface area contributed by atoms with Gasteiger partial charge in [-0.1, -0.05) is 31.6 Å². The quantitative estimate of drug-likeness (QED) is 0.624. The van der Waals surface area contributed by atoms with E-state index in [9.17, 15) is 0 Å². The van der Waals surface area contributed by atoms with Gasteiger partial charge in [-0.15, -0.1) is 0 Å². The van der Waals surface area contributed by atoms with E-state index in [1.165, 1.54) is 5.57 Å². The second-order valence-corrected chi connectivity index (χ2v) is 5.73. The third-order valence-corrected chi connectivity index (χ3v) is 4.20. The average Bonchev–Trinajstić information content (AvgIpc) is 2.78. The molecule has 0 aromatic carbocycles. The first-order valence-corrected chi connectivity index (χ1v) is 6.25. The standard InChI is InChI=1S/C14H20O2/c1-8-10-6-5-7-11(10)9(2)13-12(8)15-14(3,4)16-13/h5-6,8-9,12-13H,7H2,1-4H3/t8-,9-,12-,13-/m1/s1. The van der Waals surface area contributed by atoms with Gasteiger partial charge in [0.05, 0.1) is 12.2 Å². The van der Waals surface area contributed by atoms with Crippen LogP contribution in [0.3, 0.4) is 0 Å². The number of hydrogen-bond acceptors (Lipinski definition) is 2. The zero-order valence-corrected chi connectivity index (χ0v) is 10.5. The molecule has 0 aromatic rings. The van der Waals surface area contributed by atoms with Crippen molar-refractivity contribution in [3.05, 3.63) is 23.3 Å². The fourth-order valence-electron chi connectivity index (χ4n) is 3.40. The van der Waals surface area contributed by atoms with Crippen LogP contribution >= 0.6 is 0 Å². The first kappa shape index (κ1) is 10.5. The van der Waals surface area contributed by atoms with Crippen LogP contribution in [0.2, 0.25) is 0 Å². The van der Waals surface area contributed by atoms with Gasteiger partial charge < -0.3 is 9.47 Å². The maximum absolute atomic E-state index is 6.06. The molecule has 2 heteroatoms. The van der Waals surface area contributed by atoms with Crippen molar-refractivity contribution in [3.8, 4) is 0 Å². The van der Waals surface area contributed by atoms with E-state index < -0.39 is 5.79 Å². The Bertz CT molecular complexity index is 378. The molecule has 1 aliphatic heterocycles. The topological polar surface area (TPSA) is 18.5 Å². The van der Waals surface area contributed by atoms with Crippen LogP contribution in [-0.2, 0) is 9.47 Å². The summed E-state index contributed by atoms with van der Waals surface area (Å²) in [5.74, 6) is 0.547. The van der Waals surface area contributed by atoms with Crippen LogP contribution in [0.1, 0.15) is 34.1 Å². The van der Waals surface area contributed by atoms with Gasteiger partial charge in [0, 0.05) is 11.8 Å². The number of rotatable bonds is 0. The predicted molar refractivity (Wildman–Crippen MR) is 62.9 cm³/mol. The van der Waals surface area contributed by atoms with E-state index in [0.29, 0.717) is 11.8 Å². The predicted octanol–water partition coefficient (Wildman–Crippen LogP) is 3.05. The molecule has 88 valence electrons. The average molecular weight is 220 g/mol. The van der Waals surface area contributed by atoms with Crippen molar-refractivity contribution >= 4 is 0 Å². The highest BCUT2D eigenvalue weighted by molar-refractivity contribution is 5.40. The summed E-state index contributed by atoms with van der Waals surface area (Å²) in [5.41, 5.74) is 3.06. The fraction of sp³-hybridized carbons (Fsp3) is 0.714. The van der Waals surface area contributed by atoms with Crippen LogP contribution in [-0.4, -0.2) is 18.0 Å². The SMILES string of the molecule is C[C@@H]1C2=C(CC=C2)[C@@H](C)[C@H]2OC(C)(C)O[C@@H]21. The van der Waals surface area contributed by atoms with Crippen molar-refractivity contribution in [1.82, 2.24) is 0 Å². The number of fused-ring (bicyclic) bond motifs is 1. The molecule has 0 amide bonds. The Kier molecular flexibility index (Phi) is 2.11. The first-order valence-electron chi connectivity index (χ1n) is 6.25. The van der Waals surface area contributed by atoms with Gasteiger partial charge in [0.1, 0.15) is 0 Å². The van der Waals surface area contributed by atoms with Crippen molar-refractivity contribution in [1.29, 1.82) is 0 Å². The smallest absolute Gasteiger partial charge is 0.163 e. The Morgan fingerprint density at radius 3 is 2.44 bits per heavy atom. The molecule has 16 heavy (non-hydrogen) atoms. The first-order chi connectivity index (χ1) is 7.49. The number of ether oxygens (including phenoxy) is 2. The highest BCUT2D eigenvalue weighted by Crippen LogP contribution is 2.47. The van der Waals surface area contributed by atoms with Gasteiger partial charge in [0.25, 0.3) is 0 Å². The van der Waals surface area contributed by atoms with Gasteiger partial charge in [-0.3, -0.25) is 0 Å². The summed E-state index contributed by atoms with van der Waals surface area (Å²) in [6, 6.07) is 0. The lowest BCUT2D eigenvalue weighted by Gasteiger charge is -2.35. The minimum absolute atomic E-state index is 0.228. The molecule has 4 atom stereocenters. The summed E-state index contributed by atoms with van der Waals surface area (Å²) in [6.45, 7) is 8.58. The van der Waals surface area contributed by atoms with Crippen molar-refractivity contribution in [2.24, 2.45) is 11.8 Å². The van der Waals surface area contributed by atoms with Crippen molar-refractivity contribution in [2.45, 2.75) is 52.1 Å². The third kappa shape index (κ3) is 1.33. The second-order valence-electron chi connectivity index (χ2n) is 5.73. The van der Waals surface area contributed by atoms with E-state index in [-0.39, 0.29) is 12.2 Å². The Morgan fingerprint density at radius 1 is 1.12 bits per heavy atom. The summed E-state index contributed by atoms with van der Waals surface area (Å²) in [6.07, 6.45) is 6.12.